The van der Waals surface area contributed by atoms with Crippen molar-refractivity contribution in [3.8, 4) is 23.0 Å². The fourth-order valence-corrected chi connectivity index (χ4v) is 18.4. The van der Waals surface area contributed by atoms with Crippen molar-refractivity contribution >= 4 is 41.4 Å². The molecule has 0 unspecified atom stereocenters. The zero-order chi connectivity index (χ0) is 70.0. The van der Waals surface area contributed by atoms with Crippen LogP contribution in [0.15, 0.2) is 61.4 Å². The number of amides is 5. The third kappa shape index (κ3) is 15.1. The Morgan fingerprint density at radius 3 is 1.45 bits per heavy atom. The van der Waals surface area contributed by atoms with Crippen molar-refractivity contribution in [3.63, 3.8) is 0 Å². The summed E-state index contributed by atoms with van der Waals surface area (Å²) in [6, 6.07) is 7.90. The average molecular weight is 1370 g/mol. The van der Waals surface area contributed by atoms with Gasteiger partial charge in [-0.2, -0.15) is 0 Å². The van der Waals surface area contributed by atoms with E-state index in [2.05, 4.69) is 40.0 Å². The third-order valence-electron chi connectivity index (χ3n) is 23.5. The molecule has 12 aliphatic rings. The minimum atomic E-state index is -0.628. The summed E-state index contributed by atoms with van der Waals surface area (Å²) in [5, 5.41) is 3.80. The van der Waals surface area contributed by atoms with Gasteiger partial charge in [-0.1, -0.05) is 25.7 Å². The summed E-state index contributed by atoms with van der Waals surface area (Å²) in [6.07, 6.45) is 24.0. The number of nitrogens with one attached hydrogen (secondary N) is 1. The first kappa shape index (κ1) is 70.2. The molecule has 2 aromatic carbocycles. The lowest BCUT2D eigenvalue weighted by Crippen LogP contribution is -2.67. The molecule has 0 radical (unpaired) electrons. The van der Waals surface area contributed by atoms with Gasteiger partial charge in [0.2, 0.25) is 11.8 Å². The van der Waals surface area contributed by atoms with Gasteiger partial charge in [0.25, 0.3) is 11.8 Å². The van der Waals surface area contributed by atoms with Crippen molar-refractivity contribution in [2.45, 2.75) is 233 Å². The number of anilines is 2. The summed E-state index contributed by atoms with van der Waals surface area (Å²) in [5.41, 5.74) is -0.143. The van der Waals surface area contributed by atoms with Crippen LogP contribution in [0.25, 0.3) is 0 Å². The number of hydrogen-bond acceptors (Lipinski definition) is 15. The van der Waals surface area contributed by atoms with Crippen molar-refractivity contribution in [1.82, 2.24) is 49.8 Å². The van der Waals surface area contributed by atoms with E-state index in [0.717, 1.165) is 108 Å². The van der Waals surface area contributed by atoms with Crippen LogP contribution in [0.3, 0.4) is 0 Å². The summed E-state index contributed by atoms with van der Waals surface area (Å²) < 4.78 is 47.4. The van der Waals surface area contributed by atoms with E-state index in [-0.39, 0.29) is 99.4 Å². The lowest BCUT2D eigenvalue weighted by atomic mass is 9.66. The number of ether oxygens (including phenoxy) is 3. The number of benzene rings is 2. The van der Waals surface area contributed by atoms with Gasteiger partial charge in [-0.15, -0.1) is 0 Å². The highest BCUT2D eigenvalue weighted by atomic mass is 19.1. The van der Waals surface area contributed by atoms with E-state index >= 15 is 0 Å². The summed E-state index contributed by atoms with van der Waals surface area (Å²) in [7, 11) is 0. The number of rotatable bonds is 18. The predicted molar refractivity (Wildman–Crippen MR) is 374 cm³/mol. The number of halogens is 2. The molecule has 8 aliphatic heterocycles. The number of carbonyl (C=O) groups excluding carboxylic acids is 5. The molecule has 5 amide bonds. The minimum absolute atomic E-state index is 0.00161. The summed E-state index contributed by atoms with van der Waals surface area (Å²) in [5.74, 6) is 5.02. The van der Waals surface area contributed by atoms with Crippen molar-refractivity contribution in [2.75, 3.05) is 62.2 Å². The molecule has 2 aromatic heterocycles. The normalized spacial score (nSPS) is 25.9. The van der Waals surface area contributed by atoms with Crippen LogP contribution in [0.5, 0.6) is 23.0 Å². The first-order valence-corrected chi connectivity index (χ1v) is 37.3. The molecule has 4 aliphatic carbocycles. The van der Waals surface area contributed by atoms with Crippen LogP contribution in [0.4, 0.5) is 25.2 Å². The Kier molecular flexibility index (Phi) is 20.1. The molecule has 22 heteroatoms. The van der Waals surface area contributed by atoms with E-state index in [0.29, 0.717) is 60.0 Å². The maximum absolute atomic E-state index is 14.5. The Labute approximate surface area is 584 Å². The van der Waals surface area contributed by atoms with E-state index in [4.69, 9.17) is 14.2 Å². The van der Waals surface area contributed by atoms with Crippen molar-refractivity contribution in [2.24, 2.45) is 46.3 Å². The summed E-state index contributed by atoms with van der Waals surface area (Å²) in [4.78, 5) is 100. The van der Waals surface area contributed by atoms with Gasteiger partial charge in [-0.05, 0) is 225 Å². The van der Waals surface area contributed by atoms with Crippen LogP contribution in [0.1, 0.15) is 200 Å². The van der Waals surface area contributed by atoms with Gasteiger partial charge in [0.05, 0.1) is 29.6 Å². The topological polar surface area (TPSA) is 199 Å². The molecule has 8 atom stereocenters. The molecule has 10 heterocycles. The number of aromatic nitrogens is 4. The molecular weight excluding hydrogens is 1260 g/mol. The van der Waals surface area contributed by atoms with E-state index in [1.807, 2.05) is 86.0 Å². The number of carbonyl (C=O) groups is 5. The number of fused-ring (bicyclic) bond motifs is 6. The molecule has 4 bridgehead atoms. The molecule has 20 nitrogen and oxygen atoms in total. The highest BCUT2D eigenvalue weighted by Gasteiger charge is 2.56. The molecule has 1 N–H and O–H groups in total. The van der Waals surface area contributed by atoms with Gasteiger partial charge in [-0.25, -0.2) is 33.5 Å². The van der Waals surface area contributed by atoms with Crippen LogP contribution in [0, 0.1) is 58.0 Å². The second-order valence-corrected chi connectivity index (χ2v) is 33.2. The molecule has 4 saturated carbocycles. The molecule has 536 valence electrons. The number of piperidine rings is 6. The molecular formula is C77H106F2N12O8. The summed E-state index contributed by atoms with van der Waals surface area (Å²) in [6.45, 7) is 27.2. The molecule has 16 rings (SSSR count). The van der Waals surface area contributed by atoms with Crippen LogP contribution >= 0.6 is 0 Å². The standard InChI is InChI=1S/C41H57FN6O5.C36H49FN6O3/c1-25(2)47(26(3)4)37(49)31-20-30(42)11-13-33(31)52-34-21-43-24-44-36(34)46-22-41(23-46)14-16-45(17-15-41)38(50)35-28-10-12-32(29(19-28)18-27-8-9-27)48(35)39(51)53-40(5,6)7;1-22(2)43(23(3)4)34(44)28-17-27(37)8-10-30(28)46-31-18-38-21-39-33(31)42-19-36(20-42)11-13-41(14-12-36)35(45)32-25-7-9-29(40-32)26(16-25)15-24-5-6-24/h11,13,20-21,24-29,32,35H,8-10,12,14-19,22-23H2,1-7H3;8,10,17-18,21-26,29,32,40H,5-7,9,11-16,19-20H2,1-4H3/t28-,29+,32+,35+;25-,26+,29+,32+/m11/s1. The first-order valence-electron chi connectivity index (χ1n) is 37.3. The Balaban J connectivity index is 0.000000179. The molecule has 8 saturated heterocycles. The van der Waals surface area contributed by atoms with E-state index in [1.54, 1.807) is 22.2 Å². The van der Waals surface area contributed by atoms with E-state index in [9.17, 15) is 32.8 Å². The van der Waals surface area contributed by atoms with Crippen molar-refractivity contribution in [3.05, 3.63) is 84.2 Å². The van der Waals surface area contributed by atoms with Crippen LogP contribution < -0.4 is 24.6 Å². The smallest absolute Gasteiger partial charge is 0.411 e. The quantitative estimate of drug-likeness (QED) is 0.0986. The Hall–Kier alpha value is -7.23. The lowest BCUT2D eigenvalue weighted by molar-refractivity contribution is -0.151. The largest absolute Gasteiger partial charge is 0.451 e. The molecule has 99 heavy (non-hydrogen) atoms. The second-order valence-electron chi connectivity index (χ2n) is 33.2. The SMILES string of the molecule is CC(C)N(C(=O)c1cc(F)ccc1Oc1cncnc1N1CC2(CCN(C(=O)[C@@H]3[C@@H]4CC[C@@H]([C@@H](CC5CC5)C4)N3C(=O)OC(C)(C)C)CC2)C1)C(C)C.CC(C)N(C(=O)c1cc(F)ccc1Oc1cncnc1N1CC2(CCN(C(=O)[C@H]3N[C@H]4CC[C@@H]3C[C@@H]4CC3CC3)CC2)C1)C(C)C. The maximum Gasteiger partial charge on any atom is 0.411 e. The van der Waals surface area contributed by atoms with Crippen LogP contribution in [-0.4, -0.2) is 180 Å². The van der Waals surface area contributed by atoms with Gasteiger partial charge in [0.15, 0.2) is 23.1 Å². The number of likely N-dealkylation sites (tertiary alicyclic amines) is 2. The first-order chi connectivity index (χ1) is 47.2. The number of nitrogens with zero attached hydrogens (tertiary/aromatic N) is 11. The van der Waals surface area contributed by atoms with Crippen molar-refractivity contribution < 1.29 is 47.0 Å². The fraction of sp³-hybridized carbons (Fsp3) is 0.675. The zero-order valence-electron chi connectivity index (χ0n) is 60.3. The third-order valence-corrected chi connectivity index (χ3v) is 23.5. The average Bonchev–Trinajstić information content (AvgIpc) is 1.59. The Morgan fingerprint density at radius 2 is 1.02 bits per heavy atom. The van der Waals surface area contributed by atoms with Gasteiger partial charge in [0, 0.05) is 99.4 Å². The lowest BCUT2D eigenvalue weighted by Gasteiger charge is -2.57. The van der Waals surface area contributed by atoms with Crippen LogP contribution in [0.2, 0.25) is 0 Å². The predicted octanol–water partition coefficient (Wildman–Crippen LogP) is 13.0. The molecule has 4 aromatic rings. The zero-order valence-corrected chi connectivity index (χ0v) is 60.3. The van der Waals surface area contributed by atoms with Crippen molar-refractivity contribution in [1.29, 1.82) is 0 Å². The summed E-state index contributed by atoms with van der Waals surface area (Å²) >= 11 is 0. The highest BCUT2D eigenvalue weighted by Crippen LogP contribution is 2.52. The Bertz CT molecular complexity index is 3590. The molecule has 12 fully saturated rings. The number of hydrogen-bond donors (Lipinski definition) is 1. The van der Waals surface area contributed by atoms with E-state index < -0.39 is 23.3 Å². The second kappa shape index (κ2) is 28.3. The molecule has 2 spiro atoms. The van der Waals surface area contributed by atoms with Gasteiger partial charge < -0.3 is 48.9 Å². The Morgan fingerprint density at radius 1 is 0.576 bits per heavy atom. The van der Waals surface area contributed by atoms with Crippen LogP contribution in [-0.2, 0) is 14.3 Å². The maximum atomic E-state index is 14.5. The van der Waals surface area contributed by atoms with Gasteiger partial charge in [-0.3, -0.25) is 24.1 Å². The minimum Gasteiger partial charge on any atom is -0.451 e. The van der Waals surface area contributed by atoms with Gasteiger partial charge in [0.1, 0.15) is 47.4 Å². The fourth-order valence-electron chi connectivity index (χ4n) is 18.4. The van der Waals surface area contributed by atoms with Gasteiger partial charge >= 0.3 is 6.09 Å². The highest BCUT2D eigenvalue weighted by molar-refractivity contribution is 5.98. The monoisotopic (exact) mass is 1360 g/mol. The van der Waals surface area contributed by atoms with E-state index in [1.165, 1.54) is 100 Å².